The summed E-state index contributed by atoms with van der Waals surface area (Å²) in [5, 5.41) is 12.0. The normalized spacial score (nSPS) is 15.7. The Hall–Kier alpha value is -1.07. The Morgan fingerprint density at radius 1 is 1.35 bits per heavy atom. The van der Waals surface area contributed by atoms with Crippen LogP contribution in [0.5, 0.6) is 5.75 Å². The molecular weight excluding hydrogens is 322 g/mol. The molecule has 0 unspecified atom stereocenters. The van der Waals surface area contributed by atoms with Crippen LogP contribution in [-0.4, -0.2) is 30.8 Å². The van der Waals surface area contributed by atoms with Crippen molar-refractivity contribution in [2.75, 3.05) is 19.8 Å². The molecule has 0 spiro atoms. The van der Waals surface area contributed by atoms with Gasteiger partial charge in [0.1, 0.15) is 5.75 Å². The number of ether oxygens (including phenoxy) is 1. The van der Waals surface area contributed by atoms with E-state index in [-0.39, 0.29) is 17.9 Å². The maximum absolute atomic E-state index is 11.6. The first-order chi connectivity index (χ1) is 9.63. The monoisotopic (exact) mass is 341 g/mol. The van der Waals surface area contributed by atoms with Gasteiger partial charge in [-0.2, -0.15) is 0 Å². The number of rotatable bonds is 8. The summed E-state index contributed by atoms with van der Waals surface area (Å²) in [4.78, 5) is 11.6. The van der Waals surface area contributed by atoms with E-state index in [2.05, 4.69) is 21.2 Å². The fraction of sp³-hybridized carbons (Fsp3) is 0.533. The van der Waals surface area contributed by atoms with Gasteiger partial charge >= 0.3 is 0 Å². The first-order valence-corrected chi connectivity index (χ1v) is 7.69. The van der Waals surface area contributed by atoms with E-state index in [9.17, 15) is 4.79 Å². The van der Waals surface area contributed by atoms with Crippen molar-refractivity contribution in [1.82, 2.24) is 5.32 Å². The fourth-order valence-corrected chi connectivity index (χ4v) is 2.16. The molecule has 1 amide bonds. The second-order valence-electron chi connectivity index (χ2n) is 5.34. The molecule has 0 bridgehead atoms. The molecule has 0 aliphatic heterocycles. The zero-order chi connectivity index (χ0) is 14.4. The number of carbonyl (C=O) groups is 1. The molecule has 4 nitrogen and oxygen atoms in total. The summed E-state index contributed by atoms with van der Waals surface area (Å²) in [6.07, 6.45) is 3.17. The average molecular weight is 342 g/mol. The van der Waals surface area contributed by atoms with E-state index in [4.69, 9.17) is 9.84 Å². The molecule has 0 saturated heterocycles. The second-order valence-corrected chi connectivity index (χ2v) is 6.26. The van der Waals surface area contributed by atoms with Gasteiger partial charge in [0.05, 0.1) is 13.2 Å². The molecule has 1 aliphatic carbocycles. The van der Waals surface area contributed by atoms with Crippen LogP contribution in [-0.2, 0) is 4.79 Å². The molecule has 5 heteroatoms. The molecule has 1 fully saturated rings. The van der Waals surface area contributed by atoms with Crippen LogP contribution in [0.1, 0.15) is 25.7 Å². The minimum absolute atomic E-state index is 0.0242. The van der Waals surface area contributed by atoms with Crippen molar-refractivity contribution >= 4 is 21.8 Å². The van der Waals surface area contributed by atoms with Gasteiger partial charge in [-0.3, -0.25) is 4.79 Å². The maximum atomic E-state index is 11.6. The van der Waals surface area contributed by atoms with Crippen molar-refractivity contribution in [2.24, 2.45) is 5.41 Å². The van der Waals surface area contributed by atoms with Crippen molar-refractivity contribution in [3.63, 3.8) is 0 Å². The third kappa shape index (κ3) is 4.80. The van der Waals surface area contributed by atoms with Crippen LogP contribution < -0.4 is 10.1 Å². The van der Waals surface area contributed by atoms with Gasteiger partial charge in [0.2, 0.25) is 5.91 Å². The lowest BCUT2D eigenvalue weighted by molar-refractivity contribution is -0.121. The highest BCUT2D eigenvalue weighted by atomic mass is 79.9. The lowest BCUT2D eigenvalue weighted by Crippen LogP contribution is -2.31. The van der Waals surface area contributed by atoms with Crippen LogP contribution in [0, 0.1) is 5.41 Å². The Kier molecular flexibility index (Phi) is 5.43. The van der Waals surface area contributed by atoms with Crippen molar-refractivity contribution in [3.05, 3.63) is 28.7 Å². The number of nitrogens with one attached hydrogen (secondary N) is 1. The molecule has 110 valence electrons. The Balaban J connectivity index is 1.56. The van der Waals surface area contributed by atoms with Gasteiger partial charge in [-0.1, -0.05) is 15.9 Å². The van der Waals surface area contributed by atoms with E-state index >= 15 is 0 Å². The van der Waals surface area contributed by atoms with E-state index in [1.54, 1.807) is 0 Å². The maximum Gasteiger partial charge on any atom is 0.220 e. The molecule has 0 aromatic heterocycles. The zero-order valence-corrected chi connectivity index (χ0v) is 13.0. The number of hydrogen-bond acceptors (Lipinski definition) is 3. The third-order valence-corrected chi connectivity index (χ3v) is 4.11. The number of aliphatic hydroxyl groups excluding tert-OH is 1. The molecule has 1 saturated carbocycles. The molecule has 2 N–H and O–H groups in total. The summed E-state index contributed by atoms with van der Waals surface area (Å²) in [6.45, 7) is 1.29. The molecule has 0 radical (unpaired) electrons. The molecule has 0 heterocycles. The number of carbonyl (C=O) groups excluding carboxylic acids is 1. The van der Waals surface area contributed by atoms with E-state index < -0.39 is 0 Å². The second kappa shape index (κ2) is 7.09. The summed E-state index contributed by atoms with van der Waals surface area (Å²) < 4.78 is 6.57. The van der Waals surface area contributed by atoms with E-state index in [0.717, 1.165) is 23.1 Å². The number of halogens is 1. The first kappa shape index (κ1) is 15.3. The summed E-state index contributed by atoms with van der Waals surface area (Å²) in [5.74, 6) is 0.843. The van der Waals surface area contributed by atoms with Crippen molar-refractivity contribution in [3.8, 4) is 5.75 Å². The van der Waals surface area contributed by atoms with Crippen LogP contribution in [0.15, 0.2) is 28.7 Å². The molecule has 2 rings (SSSR count). The Morgan fingerprint density at radius 2 is 2.05 bits per heavy atom. The molecular formula is C15H20BrNO3. The van der Waals surface area contributed by atoms with Gasteiger partial charge in [0.25, 0.3) is 0 Å². The van der Waals surface area contributed by atoms with Gasteiger partial charge in [-0.05, 0) is 43.5 Å². The molecule has 0 atom stereocenters. The Bertz CT molecular complexity index is 443. The van der Waals surface area contributed by atoms with Gasteiger partial charge in [-0.15, -0.1) is 0 Å². The summed E-state index contributed by atoms with van der Waals surface area (Å²) in [6, 6.07) is 7.63. The van der Waals surface area contributed by atoms with Crippen LogP contribution in [0.25, 0.3) is 0 Å². The van der Waals surface area contributed by atoms with Gasteiger partial charge in [-0.25, -0.2) is 0 Å². The minimum atomic E-state index is -0.0242. The zero-order valence-electron chi connectivity index (χ0n) is 11.4. The molecule has 1 aromatic rings. The van der Waals surface area contributed by atoms with Gasteiger partial charge < -0.3 is 15.2 Å². The smallest absolute Gasteiger partial charge is 0.220 e. The summed E-state index contributed by atoms with van der Waals surface area (Å²) in [7, 11) is 0. The Morgan fingerprint density at radius 3 is 2.65 bits per heavy atom. The lowest BCUT2D eigenvalue weighted by Gasteiger charge is -2.12. The Labute approximate surface area is 127 Å². The van der Waals surface area contributed by atoms with E-state index in [0.29, 0.717) is 26.0 Å². The number of amides is 1. The van der Waals surface area contributed by atoms with Crippen molar-refractivity contribution < 1.29 is 14.6 Å². The molecule has 1 aromatic carbocycles. The van der Waals surface area contributed by atoms with Crippen LogP contribution in [0.2, 0.25) is 0 Å². The number of benzene rings is 1. The summed E-state index contributed by atoms with van der Waals surface area (Å²) in [5.41, 5.74) is -0.0242. The van der Waals surface area contributed by atoms with E-state index in [1.165, 1.54) is 0 Å². The fourth-order valence-electron chi connectivity index (χ4n) is 1.90. The third-order valence-electron chi connectivity index (χ3n) is 3.58. The molecule has 20 heavy (non-hydrogen) atoms. The highest BCUT2D eigenvalue weighted by Gasteiger charge is 2.41. The highest BCUT2D eigenvalue weighted by molar-refractivity contribution is 9.10. The molecule has 1 aliphatic rings. The van der Waals surface area contributed by atoms with Crippen LogP contribution in [0.4, 0.5) is 0 Å². The van der Waals surface area contributed by atoms with Crippen LogP contribution in [0.3, 0.4) is 0 Å². The van der Waals surface area contributed by atoms with E-state index in [1.807, 2.05) is 24.3 Å². The van der Waals surface area contributed by atoms with Crippen molar-refractivity contribution in [2.45, 2.75) is 25.7 Å². The predicted octanol–water partition coefficient (Wildman–Crippen LogP) is 2.50. The van der Waals surface area contributed by atoms with Gasteiger partial charge in [0.15, 0.2) is 0 Å². The topological polar surface area (TPSA) is 58.6 Å². The quantitative estimate of drug-likeness (QED) is 0.714. The SMILES string of the molecule is O=C(CCCOc1ccc(Br)cc1)NCC1(CO)CC1. The first-order valence-electron chi connectivity index (χ1n) is 6.89. The van der Waals surface area contributed by atoms with Crippen molar-refractivity contribution in [1.29, 1.82) is 0 Å². The number of aliphatic hydroxyl groups is 1. The van der Waals surface area contributed by atoms with Crippen LogP contribution >= 0.6 is 15.9 Å². The minimum Gasteiger partial charge on any atom is -0.494 e. The summed E-state index contributed by atoms with van der Waals surface area (Å²) >= 11 is 3.36. The highest BCUT2D eigenvalue weighted by Crippen LogP contribution is 2.44. The lowest BCUT2D eigenvalue weighted by atomic mass is 10.1. The van der Waals surface area contributed by atoms with Gasteiger partial charge in [0, 0.05) is 22.9 Å². The largest absolute Gasteiger partial charge is 0.494 e. The standard InChI is InChI=1S/C15H20BrNO3/c16-12-3-5-13(6-4-12)20-9-1-2-14(19)17-10-15(11-18)7-8-15/h3-6,18H,1-2,7-11H2,(H,17,19). The predicted molar refractivity (Wildman–Crippen MR) is 80.6 cm³/mol. The average Bonchev–Trinajstić information content (AvgIpc) is 3.24. The number of hydrogen-bond donors (Lipinski definition) is 2.